The van der Waals surface area contributed by atoms with Crippen LogP contribution in [0.15, 0.2) is 48.5 Å². The number of rotatable bonds is 8. The van der Waals surface area contributed by atoms with Crippen molar-refractivity contribution in [3.05, 3.63) is 70.8 Å². The van der Waals surface area contributed by atoms with E-state index in [1.807, 2.05) is 50.2 Å². The van der Waals surface area contributed by atoms with Crippen LogP contribution in [0.4, 0.5) is 0 Å². The van der Waals surface area contributed by atoms with E-state index in [0.717, 1.165) is 42.7 Å². The second-order valence-corrected chi connectivity index (χ2v) is 9.31. The Morgan fingerprint density at radius 3 is 2.71 bits per heavy atom. The molecule has 1 fully saturated rings. The van der Waals surface area contributed by atoms with E-state index in [1.165, 1.54) is 5.56 Å². The van der Waals surface area contributed by atoms with Crippen LogP contribution in [-0.2, 0) is 20.5 Å². The summed E-state index contributed by atoms with van der Waals surface area (Å²) in [7, 11) is -3.32. The van der Waals surface area contributed by atoms with E-state index >= 15 is 0 Å². The minimum atomic E-state index is -3.32. The lowest BCUT2D eigenvalue weighted by Gasteiger charge is -2.33. The Morgan fingerprint density at radius 2 is 1.93 bits per heavy atom. The van der Waals surface area contributed by atoms with E-state index in [9.17, 15) is 8.42 Å². The number of nitrogens with zero attached hydrogens (tertiary/aromatic N) is 1. The molecule has 28 heavy (non-hydrogen) atoms. The molecule has 0 radical (unpaired) electrons. The monoisotopic (exact) mass is 402 g/mol. The zero-order chi connectivity index (χ0) is 20.0. The predicted octanol–water partition coefficient (Wildman–Crippen LogP) is 3.19. The van der Waals surface area contributed by atoms with Crippen LogP contribution in [0.3, 0.4) is 0 Å². The number of aryl methyl sites for hydroxylation is 2. The normalized spacial score (nSPS) is 18.3. The second-order valence-electron chi connectivity index (χ2n) is 7.51. The van der Waals surface area contributed by atoms with Gasteiger partial charge in [-0.3, -0.25) is 4.90 Å². The number of ether oxygens (including phenoxy) is 1. The number of benzene rings is 2. The summed E-state index contributed by atoms with van der Waals surface area (Å²) in [6, 6.07) is 16.2. The third-order valence-corrected chi connectivity index (χ3v) is 6.48. The van der Waals surface area contributed by atoms with E-state index < -0.39 is 10.0 Å². The summed E-state index contributed by atoms with van der Waals surface area (Å²) in [6.07, 6.45) is 0.879. The van der Waals surface area contributed by atoms with Gasteiger partial charge in [-0.25, -0.2) is 13.1 Å². The van der Waals surface area contributed by atoms with Gasteiger partial charge in [0.05, 0.1) is 18.5 Å². The van der Waals surface area contributed by atoms with Crippen LogP contribution >= 0.6 is 0 Å². The standard InChI is InChI=1S/C22H30N2O3S/c1-18-9-10-19(2)21(15-18)17-28(25,26)23-11-6-12-24-13-14-27-22(16-24)20-7-4-3-5-8-20/h3-5,7-10,15,22-23H,6,11-14,16-17H2,1-2H3. The Kier molecular flexibility index (Phi) is 7.24. The van der Waals surface area contributed by atoms with E-state index in [1.54, 1.807) is 0 Å². The Morgan fingerprint density at radius 1 is 1.14 bits per heavy atom. The number of nitrogens with one attached hydrogen (secondary N) is 1. The highest BCUT2D eigenvalue weighted by Gasteiger charge is 2.21. The van der Waals surface area contributed by atoms with E-state index in [4.69, 9.17) is 4.74 Å². The Labute approximate surface area is 168 Å². The average molecular weight is 403 g/mol. The molecule has 0 bridgehead atoms. The molecule has 5 nitrogen and oxygen atoms in total. The lowest BCUT2D eigenvalue weighted by Crippen LogP contribution is -2.40. The molecule has 1 saturated heterocycles. The number of hydrogen-bond donors (Lipinski definition) is 1. The molecular weight excluding hydrogens is 372 g/mol. The smallest absolute Gasteiger partial charge is 0.215 e. The molecule has 152 valence electrons. The van der Waals surface area contributed by atoms with Gasteiger partial charge in [0.1, 0.15) is 0 Å². The molecule has 2 aromatic carbocycles. The summed E-state index contributed by atoms with van der Waals surface area (Å²) in [6.45, 7) is 7.69. The third kappa shape index (κ3) is 6.14. The molecular formula is C22H30N2O3S. The minimum absolute atomic E-state index is 0.0359. The summed E-state index contributed by atoms with van der Waals surface area (Å²) in [5.41, 5.74) is 4.15. The maximum Gasteiger partial charge on any atom is 0.215 e. The summed E-state index contributed by atoms with van der Waals surface area (Å²) in [5, 5.41) is 0. The third-order valence-electron chi connectivity index (χ3n) is 5.15. The average Bonchev–Trinajstić information content (AvgIpc) is 2.69. The SMILES string of the molecule is Cc1ccc(C)c(CS(=O)(=O)NCCCN2CCOC(c3ccccc3)C2)c1. The van der Waals surface area contributed by atoms with Crippen molar-refractivity contribution in [1.29, 1.82) is 0 Å². The number of sulfonamides is 1. The minimum Gasteiger partial charge on any atom is -0.371 e. The quantitative estimate of drug-likeness (QED) is 0.689. The van der Waals surface area contributed by atoms with Gasteiger partial charge in [-0.1, -0.05) is 54.1 Å². The molecule has 1 aliphatic rings. The molecule has 1 atom stereocenters. The highest BCUT2D eigenvalue weighted by Crippen LogP contribution is 2.21. The molecule has 1 N–H and O–H groups in total. The van der Waals surface area contributed by atoms with Gasteiger partial charge in [-0.2, -0.15) is 0 Å². The lowest BCUT2D eigenvalue weighted by molar-refractivity contribution is -0.0300. The van der Waals surface area contributed by atoms with Crippen LogP contribution in [0, 0.1) is 13.8 Å². The first-order valence-electron chi connectivity index (χ1n) is 9.85. The first kappa shape index (κ1) is 21.0. The maximum atomic E-state index is 12.4. The van der Waals surface area contributed by atoms with Crippen LogP contribution in [0.5, 0.6) is 0 Å². The lowest BCUT2D eigenvalue weighted by atomic mass is 10.1. The Balaban J connectivity index is 1.44. The topological polar surface area (TPSA) is 58.6 Å². The van der Waals surface area contributed by atoms with Crippen molar-refractivity contribution >= 4 is 10.0 Å². The van der Waals surface area contributed by atoms with Crippen LogP contribution in [0.1, 0.15) is 34.8 Å². The van der Waals surface area contributed by atoms with Gasteiger partial charge in [0, 0.05) is 19.6 Å². The molecule has 1 unspecified atom stereocenters. The van der Waals surface area contributed by atoms with E-state index in [-0.39, 0.29) is 11.9 Å². The van der Waals surface area contributed by atoms with Gasteiger partial charge in [0.15, 0.2) is 0 Å². The zero-order valence-corrected chi connectivity index (χ0v) is 17.5. The number of hydrogen-bond acceptors (Lipinski definition) is 4. The zero-order valence-electron chi connectivity index (χ0n) is 16.7. The highest BCUT2D eigenvalue weighted by atomic mass is 32.2. The van der Waals surface area contributed by atoms with E-state index in [2.05, 4.69) is 21.8 Å². The summed E-state index contributed by atoms with van der Waals surface area (Å²) in [4.78, 5) is 2.35. The fourth-order valence-corrected chi connectivity index (χ4v) is 4.79. The van der Waals surface area contributed by atoms with Crippen LogP contribution in [-0.4, -0.2) is 46.1 Å². The summed E-state index contributed by atoms with van der Waals surface area (Å²) >= 11 is 0. The van der Waals surface area contributed by atoms with Crippen molar-refractivity contribution in [1.82, 2.24) is 9.62 Å². The first-order chi connectivity index (χ1) is 13.4. The van der Waals surface area contributed by atoms with Gasteiger partial charge >= 0.3 is 0 Å². The van der Waals surface area contributed by atoms with E-state index in [0.29, 0.717) is 13.2 Å². The van der Waals surface area contributed by atoms with Crippen molar-refractivity contribution < 1.29 is 13.2 Å². The first-order valence-corrected chi connectivity index (χ1v) is 11.5. The van der Waals surface area contributed by atoms with Crippen molar-refractivity contribution in [3.8, 4) is 0 Å². The van der Waals surface area contributed by atoms with Crippen molar-refractivity contribution in [2.45, 2.75) is 32.1 Å². The molecule has 3 rings (SSSR count). The van der Waals surface area contributed by atoms with Crippen molar-refractivity contribution in [2.24, 2.45) is 0 Å². The Bertz CT molecular complexity index is 869. The van der Waals surface area contributed by atoms with Crippen LogP contribution < -0.4 is 4.72 Å². The fraction of sp³-hybridized carbons (Fsp3) is 0.455. The summed E-state index contributed by atoms with van der Waals surface area (Å²) < 4.78 is 33.5. The van der Waals surface area contributed by atoms with Crippen molar-refractivity contribution in [2.75, 3.05) is 32.8 Å². The maximum absolute atomic E-state index is 12.4. The van der Waals surface area contributed by atoms with Gasteiger partial charge in [-0.05, 0) is 43.5 Å². The molecule has 0 aliphatic carbocycles. The molecule has 6 heteroatoms. The van der Waals surface area contributed by atoms with Gasteiger partial charge < -0.3 is 4.74 Å². The molecule has 0 aromatic heterocycles. The van der Waals surface area contributed by atoms with Crippen LogP contribution in [0.25, 0.3) is 0 Å². The molecule has 2 aromatic rings. The van der Waals surface area contributed by atoms with Gasteiger partial charge in [0.25, 0.3) is 0 Å². The molecule has 0 saturated carbocycles. The van der Waals surface area contributed by atoms with Gasteiger partial charge in [-0.15, -0.1) is 0 Å². The molecule has 0 spiro atoms. The molecule has 1 heterocycles. The second kappa shape index (κ2) is 9.65. The highest BCUT2D eigenvalue weighted by molar-refractivity contribution is 7.88. The predicted molar refractivity (Wildman–Crippen MR) is 113 cm³/mol. The fourth-order valence-electron chi connectivity index (χ4n) is 3.52. The molecule has 1 aliphatic heterocycles. The summed E-state index contributed by atoms with van der Waals surface area (Å²) in [5.74, 6) is 0.0359. The van der Waals surface area contributed by atoms with Crippen LogP contribution in [0.2, 0.25) is 0 Å². The van der Waals surface area contributed by atoms with Gasteiger partial charge in [0.2, 0.25) is 10.0 Å². The molecule has 0 amide bonds. The van der Waals surface area contributed by atoms with Crippen molar-refractivity contribution in [3.63, 3.8) is 0 Å². The largest absolute Gasteiger partial charge is 0.371 e. The Hall–Kier alpha value is -1.73. The number of morpholine rings is 1.